The Balaban J connectivity index is 2.37. The van der Waals surface area contributed by atoms with Crippen molar-refractivity contribution in [2.75, 3.05) is 13.4 Å². The quantitative estimate of drug-likeness (QED) is 0.556. The van der Waals surface area contributed by atoms with Crippen molar-refractivity contribution < 1.29 is 13.2 Å². The number of hydrogen-bond acceptors (Lipinski definition) is 4. The lowest BCUT2D eigenvalue weighted by atomic mass is 10.2. The van der Waals surface area contributed by atoms with Crippen molar-refractivity contribution in [3.63, 3.8) is 0 Å². The van der Waals surface area contributed by atoms with Crippen LogP contribution in [0.1, 0.15) is 5.56 Å². The fourth-order valence-corrected chi connectivity index (χ4v) is 4.01. The lowest BCUT2D eigenvalue weighted by molar-refractivity contribution is 0.409. The van der Waals surface area contributed by atoms with Gasteiger partial charge in [0, 0.05) is 11.8 Å². The minimum absolute atomic E-state index is 0.241. The first-order valence-electron chi connectivity index (χ1n) is 6.40. The zero-order chi connectivity index (χ0) is 17.2. The van der Waals surface area contributed by atoms with E-state index in [1.54, 1.807) is 31.4 Å². The van der Waals surface area contributed by atoms with Crippen LogP contribution < -0.4 is 10.5 Å². The smallest absolute Gasteiger partial charge is 0.175 e. The van der Waals surface area contributed by atoms with Gasteiger partial charge in [-0.15, -0.1) is 0 Å². The SMILES string of the molecule is COc1c(Br)cc(C(N)=Nc2ccc(S(C)(=O)=O)cc2)cc1Br. The molecule has 0 saturated carbocycles. The number of methoxy groups -OCH3 is 1. The van der Waals surface area contributed by atoms with Crippen LogP contribution in [-0.2, 0) is 9.84 Å². The van der Waals surface area contributed by atoms with Gasteiger partial charge in [-0.05, 0) is 68.3 Å². The van der Waals surface area contributed by atoms with Gasteiger partial charge in [-0.25, -0.2) is 13.4 Å². The Kier molecular flexibility index (Phi) is 5.49. The molecule has 8 heteroatoms. The molecule has 0 aliphatic carbocycles. The average Bonchev–Trinajstić information content (AvgIpc) is 2.46. The van der Waals surface area contributed by atoms with E-state index in [0.717, 1.165) is 15.2 Å². The van der Waals surface area contributed by atoms with E-state index < -0.39 is 9.84 Å². The van der Waals surface area contributed by atoms with E-state index >= 15 is 0 Å². The molecule has 2 N–H and O–H groups in total. The van der Waals surface area contributed by atoms with Gasteiger partial charge in [0.2, 0.25) is 0 Å². The van der Waals surface area contributed by atoms with Gasteiger partial charge < -0.3 is 10.5 Å². The highest BCUT2D eigenvalue weighted by atomic mass is 79.9. The van der Waals surface area contributed by atoms with Crippen LogP contribution in [0.25, 0.3) is 0 Å². The van der Waals surface area contributed by atoms with Gasteiger partial charge in [-0.1, -0.05) is 0 Å². The Morgan fingerprint density at radius 2 is 1.65 bits per heavy atom. The fraction of sp³-hybridized carbons (Fsp3) is 0.133. The van der Waals surface area contributed by atoms with Crippen LogP contribution in [0, 0.1) is 0 Å². The molecule has 5 nitrogen and oxygen atoms in total. The van der Waals surface area contributed by atoms with Gasteiger partial charge >= 0.3 is 0 Å². The molecule has 0 unspecified atom stereocenters. The Morgan fingerprint density at radius 3 is 2.09 bits per heavy atom. The summed E-state index contributed by atoms with van der Waals surface area (Å²) >= 11 is 6.82. The van der Waals surface area contributed by atoms with Crippen molar-refractivity contribution in [2.45, 2.75) is 4.90 Å². The third kappa shape index (κ3) is 4.33. The van der Waals surface area contributed by atoms with Crippen LogP contribution in [0.5, 0.6) is 5.75 Å². The molecule has 23 heavy (non-hydrogen) atoms. The Labute approximate surface area is 151 Å². The Bertz CT molecular complexity index is 840. The molecule has 0 atom stereocenters. The van der Waals surface area contributed by atoms with Gasteiger partial charge in [-0.2, -0.15) is 0 Å². The lowest BCUT2D eigenvalue weighted by Gasteiger charge is -2.09. The molecule has 2 rings (SSSR count). The van der Waals surface area contributed by atoms with E-state index in [-0.39, 0.29) is 4.90 Å². The summed E-state index contributed by atoms with van der Waals surface area (Å²) in [5.74, 6) is 0.972. The zero-order valence-electron chi connectivity index (χ0n) is 12.4. The lowest BCUT2D eigenvalue weighted by Crippen LogP contribution is -2.13. The van der Waals surface area contributed by atoms with Crippen molar-refractivity contribution in [1.29, 1.82) is 0 Å². The largest absolute Gasteiger partial charge is 0.494 e. The van der Waals surface area contributed by atoms with Gasteiger partial charge in [0.25, 0.3) is 0 Å². The highest BCUT2D eigenvalue weighted by Gasteiger charge is 2.10. The molecule has 0 bridgehead atoms. The molecule has 0 aliphatic heterocycles. The van der Waals surface area contributed by atoms with Gasteiger partial charge in [0.1, 0.15) is 11.6 Å². The molecule has 0 radical (unpaired) electrons. The zero-order valence-corrected chi connectivity index (χ0v) is 16.4. The molecular weight excluding hydrogens is 448 g/mol. The number of halogens is 2. The Hall–Kier alpha value is -1.38. The summed E-state index contributed by atoms with van der Waals surface area (Å²) in [7, 11) is -1.65. The van der Waals surface area contributed by atoms with Gasteiger partial charge in [-0.3, -0.25) is 0 Å². The minimum atomic E-state index is -3.23. The molecule has 0 amide bonds. The standard InChI is InChI=1S/C15H14Br2N2O3S/c1-22-14-12(16)7-9(8-13(14)17)15(18)19-10-3-5-11(6-4-10)23(2,20)21/h3-8H,1-2H3,(H2,18,19). The number of nitrogens with zero attached hydrogens (tertiary/aromatic N) is 1. The first-order valence-corrected chi connectivity index (χ1v) is 9.88. The van der Waals surface area contributed by atoms with Crippen LogP contribution >= 0.6 is 31.9 Å². The second kappa shape index (κ2) is 7.02. The monoisotopic (exact) mass is 460 g/mol. The molecule has 122 valence electrons. The number of aliphatic imine (C=N–C) groups is 1. The summed E-state index contributed by atoms with van der Waals surface area (Å²) in [4.78, 5) is 4.55. The topological polar surface area (TPSA) is 81.8 Å². The fourth-order valence-electron chi connectivity index (χ4n) is 1.87. The molecule has 0 heterocycles. The number of nitrogens with two attached hydrogens (primary N) is 1. The van der Waals surface area contributed by atoms with E-state index in [0.29, 0.717) is 22.8 Å². The van der Waals surface area contributed by atoms with Gasteiger partial charge in [0.05, 0.1) is 26.6 Å². The average molecular weight is 462 g/mol. The molecule has 2 aromatic carbocycles. The van der Waals surface area contributed by atoms with Crippen molar-refractivity contribution in [2.24, 2.45) is 10.7 Å². The summed E-state index contributed by atoms with van der Waals surface area (Å²) in [5, 5.41) is 0. The normalized spacial score (nSPS) is 12.3. The third-order valence-corrected chi connectivity index (χ3v) is 5.32. The second-order valence-electron chi connectivity index (χ2n) is 4.74. The summed E-state index contributed by atoms with van der Waals surface area (Å²) in [6.45, 7) is 0. The molecular formula is C15H14Br2N2O3S. The highest BCUT2D eigenvalue weighted by molar-refractivity contribution is 9.11. The highest BCUT2D eigenvalue weighted by Crippen LogP contribution is 2.34. The molecule has 0 saturated heterocycles. The van der Waals surface area contributed by atoms with Crippen molar-refractivity contribution in [1.82, 2.24) is 0 Å². The van der Waals surface area contributed by atoms with E-state index in [1.807, 2.05) is 0 Å². The molecule has 0 spiro atoms. The van der Waals surface area contributed by atoms with E-state index in [2.05, 4.69) is 36.9 Å². The van der Waals surface area contributed by atoms with Crippen LogP contribution in [-0.4, -0.2) is 27.6 Å². The maximum Gasteiger partial charge on any atom is 0.175 e. The summed E-state index contributed by atoms with van der Waals surface area (Å²) < 4.78 is 29.6. The van der Waals surface area contributed by atoms with Gasteiger partial charge in [0.15, 0.2) is 9.84 Å². The second-order valence-corrected chi connectivity index (χ2v) is 8.46. The predicted molar refractivity (Wildman–Crippen MR) is 98.3 cm³/mol. The predicted octanol–water partition coefficient (Wildman–Crippen LogP) is 3.66. The maximum absolute atomic E-state index is 11.4. The number of ether oxygens (including phenoxy) is 1. The van der Waals surface area contributed by atoms with Crippen molar-refractivity contribution >= 4 is 53.2 Å². The summed E-state index contributed by atoms with van der Waals surface area (Å²) in [5.41, 5.74) is 7.30. The first kappa shape index (κ1) is 18.0. The Morgan fingerprint density at radius 1 is 1.13 bits per heavy atom. The van der Waals surface area contributed by atoms with E-state index in [9.17, 15) is 8.42 Å². The maximum atomic E-state index is 11.4. The molecule has 0 fully saturated rings. The van der Waals surface area contributed by atoms with Crippen molar-refractivity contribution in [3.05, 3.63) is 50.9 Å². The minimum Gasteiger partial charge on any atom is -0.494 e. The number of benzene rings is 2. The molecule has 2 aromatic rings. The third-order valence-electron chi connectivity index (χ3n) is 3.01. The van der Waals surface area contributed by atoms with E-state index in [4.69, 9.17) is 10.5 Å². The first-order chi connectivity index (χ1) is 10.7. The molecule has 0 aliphatic rings. The van der Waals surface area contributed by atoms with E-state index in [1.165, 1.54) is 12.1 Å². The van der Waals surface area contributed by atoms with Crippen LogP contribution in [0.3, 0.4) is 0 Å². The molecule has 0 aromatic heterocycles. The summed E-state index contributed by atoms with van der Waals surface area (Å²) in [6, 6.07) is 9.82. The number of hydrogen-bond donors (Lipinski definition) is 1. The number of sulfone groups is 1. The summed E-state index contributed by atoms with van der Waals surface area (Å²) in [6.07, 6.45) is 1.16. The van der Waals surface area contributed by atoms with Crippen molar-refractivity contribution in [3.8, 4) is 5.75 Å². The number of rotatable bonds is 4. The van der Waals surface area contributed by atoms with Crippen LogP contribution in [0.4, 0.5) is 5.69 Å². The number of amidine groups is 1. The van der Waals surface area contributed by atoms with Crippen LogP contribution in [0.2, 0.25) is 0 Å². The van der Waals surface area contributed by atoms with Crippen LogP contribution in [0.15, 0.2) is 55.2 Å².